The SMILES string of the molecule is Cn1cc(Nc2cc(Oc3ccc([N+](=O)[O-])nc3)ccn2)cn1. The van der Waals surface area contributed by atoms with Crippen molar-refractivity contribution in [1.29, 1.82) is 0 Å². The summed E-state index contributed by atoms with van der Waals surface area (Å²) in [4.78, 5) is 17.9. The van der Waals surface area contributed by atoms with Crippen molar-refractivity contribution >= 4 is 17.3 Å². The summed E-state index contributed by atoms with van der Waals surface area (Å²) in [5, 5.41) is 17.7. The van der Waals surface area contributed by atoms with Gasteiger partial charge in [-0.05, 0) is 22.0 Å². The normalized spacial score (nSPS) is 10.3. The Morgan fingerprint density at radius 3 is 2.74 bits per heavy atom. The molecule has 3 heterocycles. The number of hydrogen-bond donors (Lipinski definition) is 1. The molecule has 0 aliphatic rings. The number of nitrogens with zero attached hydrogens (tertiary/aromatic N) is 5. The van der Waals surface area contributed by atoms with Crippen LogP contribution in [0.4, 0.5) is 17.3 Å². The van der Waals surface area contributed by atoms with Crippen LogP contribution in [0, 0.1) is 10.1 Å². The van der Waals surface area contributed by atoms with Crippen molar-refractivity contribution in [2.75, 3.05) is 5.32 Å². The molecule has 3 aromatic rings. The number of ether oxygens (including phenoxy) is 1. The number of nitro groups is 1. The third kappa shape index (κ3) is 3.59. The Balaban J connectivity index is 1.73. The van der Waals surface area contributed by atoms with Crippen LogP contribution in [-0.4, -0.2) is 24.7 Å². The van der Waals surface area contributed by atoms with E-state index in [9.17, 15) is 10.1 Å². The standard InChI is InChI=1S/C14H12N6O3/c1-19-9-10(7-17-19)18-13-6-11(4-5-15-13)23-12-2-3-14(16-8-12)20(21)22/h2-9H,1H3,(H,15,18). The van der Waals surface area contributed by atoms with Gasteiger partial charge in [0.25, 0.3) is 0 Å². The van der Waals surface area contributed by atoms with Crippen LogP contribution >= 0.6 is 0 Å². The first-order valence-electron chi connectivity index (χ1n) is 6.60. The van der Waals surface area contributed by atoms with Crippen molar-refractivity contribution in [2.45, 2.75) is 0 Å². The van der Waals surface area contributed by atoms with Crippen LogP contribution in [0.15, 0.2) is 49.1 Å². The molecule has 3 aromatic heterocycles. The molecule has 0 unspecified atom stereocenters. The summed E-state index contributed by atoms with van der Waals surface area (Å²) in [5.41, 5.74) is 0.800. The van der Waals surface area contributed by atoms with Gasteiger partial charge in [0, 0.05) is 31.6 Å². The number of pyridine rings is 2. The first kappa shape index (κ1) is 14.4. The summed E-state index contributed by atoms with van der Waals surface area (Å²) in [6.45, 7) is 0. The minimum Gasteiger partial charge on any atom is -0.453 e. The van der Waals surface area contributed by atoms with E-state index in [4.69, 9.17) is 4.74 Å². The lowest BCUT2D eigenvalue weighted by Gasteiger charge is -2.06. The predicted octanol–water partition coefficient (Wildman–Crippen LogP) is 2.65. The molecule has 9 heteroatoms. The number of rotatable bonds is 5. The van der Waals surface area contributed by atoms with Gasteiger partial charge < -0.3 is 20.2 Å². The smallest absolute Gasteiger partial charge is 0.363 e. The summed E-state index contributed by atoms with van der Waals surface area (Å²) in [6, 6.07) is 6.15. The predicted molar refractivity (Wildman–Crippen MR) is 81.7 cm³/mol. The highest BCUT2D eigenvalue weighted by Gasteiger charge is 2.08. The number of hydrogen-bond acceptors (Lipinski definition) is 7. The number of nitrogens with one attached hydrogen (secondary N) is 1. The molecule has 0 aliphatic carbocycles. The van der Waals surface area contributed by atoms with Gasteiger partial charge in [0.2, 0.25) is 0 Å². The molecule has 0 atom stereocenters. The zero-order valence-electron chi connectivity index (χ0n) is 12.1. The molecule has 1 N–H and O–H groups in total. The average Bonchev–Trinajstić information content (AvgIpc) is 2.93. The van der Waals surface area contributed by atoms with E-state index in [1.165, 1.54) is 18.3 Å². The van der Waals surface area contributed by atoms with Gasteiger partial charge in [0.15, 0.2) is 11.9 Å². The van der Waals surface area contributed by atoms with Crippen molar-refractivity contribution in [2.24, 2.45) is 7.05 Å². The van der Waals surface area contributed by atoms with Crippen molar-refractivity contribution in [1.82, 2.24) is 19.7 Å². The van der Waals surface area contributed by atoms with Gasteiger partial charge in [0.1, 0.15) is 11.6 Å². The maximum absolute atomic E-state index is 10.6. The molecule has 0 spiro atoms. The summed E-state index contributed by atoms with van der Waals surface area (Å²) in [6.07, 6.45) is 6.38. The quantitative estimate of drug-likeness (QED) is 0.570. The van der Waals surface area contributed by atoms with Crippen molar-refractivity contribution in [3.05, 3.63) is 59.2 Å². The molecule has 116 valence electrons. The average molecular weight is 312 g/mol. The van der Waals surface area contributed by atoms with Crippen LogP contribution in [0.5, 0.6) is 11.5 Å². The molecule has 0 fully saturated rings. The van der Waals surface area contributed by atoms with Gasteiger partial charge in [0.05, 0.1) is 11.9 Å². The Kier molecular flexibility index (Phi) is 3.83. The Morgan fingerprint density at radius 2 is 2.09 bits per heavy atom. The minimum absolute atomic E-state index is 0.231. The van der Waals surface area contributed by atoms with Crippen molar-refractivity contribution in [3.63, 3.8) is 0 Å². The molecule has 0 bridgehead atoms. The summed E-state index contributed by atoms with van der Waals surface area (Å²) in [7, 11) is 1.82. The third-order valence-corrected chi connectivity index (χ3v) is 2.85. The lowest BCUT2D eigenvalue weighted by atomic mass is 10.4. The second-order valence-electron chi connectivity index (χ2n) is 4.62. The van der Waals surface area contributed by atoms with Crippen LogP contribution in [0.1, 0.15) is 0 Å². The molecule has 3 rings (SSSR count). The highest BCUT2D eigenvalue weighted by Crippen LogP contribution is 2.24. The van der Waals surface area contributed by atoms with Gasteiger partial charge in [-0.15, -0.1) is 0 Å². The van der Waals surface area contributed by atoms with Gasteiger partial charge in [-0.3, -0.25) is 4.68 Å². The second-order valence-corrected chi connectivity index (χ2v) is 4.62. The highest BCUT2D eigenvalue weighted by atomic mass is 16.6. The van der Waals surface area contributed by atoms with Crippen molar-refractivity contribution < 1.29 is 9.66 Å². The van der Waals surface area contributed by atoms with Gasteiger partial charge in [-0.1, -0.05) is 0 Å². The van der Waals surface area contributed by atoms with Gasteiger partial charge in [-0.2, -0.15) is 5.10 Å². The van der Waals surface area contributed by atoms with E-state index in [1.807, 2.05) is 13.2 Å². The molecule has 0 radical (unpaired) electrons. The Hall–Kier alpha value is -3.49. The van der Waals surface area contributed by atoms with Crippen LogP contribution in [-0.2, 0) is 7.05 Å². The van der Waals surface area contributed by atoms with Gasteiger partial charge >= 0.3 is 5.82 Å². The molecular weight excluding hydrogens is 300 g/mol. The molecule has 9 nitrogen and oxygen atoms in total. The second kappa shape index (κ2) is 6.10. The first-order valence-corrected chi connectivity index (χ1v) is 6.60. The fourth-order valence-electron chi connectivity index (χ4n) is 1.85. The fraction of sp³-hybridized carbons (Fsp3) is 0.0714. The maximum Gasteiger partial charge on any atom is 0.363 e. The molecule has 0 amide bonds. The van der Waals surface area contributed by atoms with Gasteiger partial charge in [-0.25, -0.2) is 4.98 Å². The van der Waals surface area contributed by atoms with Crippen molar-refractivity contribution in [3.8, 4) is 11.5 Å². The molecule has 0 aliphatic heterocycles. The van der Waals surface area contributed by atoms with E-state index in [-0.39, 0.29) is 5.82 Å². The monoisotopic (exact) mass is 312 g/mol. The lowest BCUT2D eigenvalue weighted by molar-refractivity contribution is -0.389. The molecule has 23 heavy (non-hydrogen) atoms. The van der Waals surface area contributed by atoms with E-state index >= 15 is 0 Å². The van der Waals surface area contributed by atoms with Crippen LogP contribution in [0.3, 0.4) is 0 Å². The Labute approximate surface area is 130 Å². The summed E-state index contributed by atoms with van der Waals surface area (Å²) >= 11 is 0. The summed E-state index contributed by atoms with van der Waals surface area (Å²) in [5.74, 6) is 1.28. The molecule has 0 saturated carbocycles. The number of aromatic nitrogens is 4. The van der Waals surface area contributed by atoms with E-state index in [0.717, 1.165) is 5.69 Å². The van der Waals surface area contributed by atoms with E-state index in [1.54, 1.807) is 29.2 Å². The third-order valence-electron chi connectivity index (χ3n) is 2.85. The minimum atomic E-state index is -0.563. The fourth-order valence-corrected chi connectivity index (χ4v) is 1.85. The first-order chi connectivity index (χ1) is 11.1. The van der Waals surface area contributed by atoms with Crippen LogP contribution in [0.25, 0.3) is 0 Å². The van der Waals surface area contributed by atoms with E-state index in [2.05, 4.69) is 20.4 Å². The zero-order chi connectivity index (χ0) is 16.2. The topological polar surface area (TPSA) is 108 Å². The van der Waals surface area contributed by atoms with E-state index in [0.29, 0.717) is 17.3 Å². The number of aryl methyl sites for hydroxylation is 1. The molecular formula is C14H12N6O3. The molecule has 0 saturated heterocycles. The Bertz CT molecular complexity index is 831. The molecule has 0 aromatic carbocycles. The zero-order valence-corrected chi connectivity index (χ0v) is 12.1. The summed E-state index contributed by atoms with van der Waals surface area (Å²) < 4.78 is 7.28. The Morgan fingerprint density at radius 1 is 1.22 bits per heavy atom. The maximum atomic E-state index is 10.6. The van der Waals surface area contributed by atoms with Crippen LogP contribution in [0.2, 0.25) is 0 Å². The highest BCUT2D eigenvalue weighted by molar-refractivity contribution is 5.55. The lowest BCUT2D eigenvalue weighted by Crippen LogP contribution is -1.94. The number of anilines is 2. The van der Waals surface area contributed by atoms with E-state index < -0.39 is 4.92 Å². The largest absolute Gasteiger partial charge is 0.453 e. The van der Waals surface area contributed by atoms with Crippen LogP contribution < -0.4 is 10.1 Å².